The molecule has 0 fully saturated rings. The highest BCUT2D eigenvalue weighted by Gasteiger charge is 2.15. The molecule has 1 rings (SSSR count). The van der Waals surface area contributed by atoms with Crippen molar-refractivity contribution in [1.82, 2.24) is 0 Å². The van der Waals surface area contributed by atoms with Crippen LogP contribution in [0.5, 0.6) is 0 Å². The second-order valence-corrected chi connectivity index (χ2v) is 6.57. The molecule has 0 amide bonds. The number of nitriles is 1. The van der Waals surface area contributed by atoms with Crippen LogP contribution in [-0.4, -0.2) is 44.6 Å². The fourth-order valence-electron chi connectivity index (χ4n) is 0.878. The average Bonchev–Trinajstić information content (AvgIpc) is 2.27. The molecule has 1 atom stereocenters. The predicted molar refractivity (Wildman–Crippen MR) is 72.2 cm³/mol. The summed E-state index contributed by atoms with van der Waals surface area (Å²) in [5.41, 5.74) is 0.928. The summed E-state index contributed by atoms with van der Waals surface area (Å²) in [4.78, 5) is -0.178. The zero-order valence-corrected chi connectivity index (χ0v) is 12.7. The fraction of sp³-hybridized carbons (Fsp3) is 0.462. The lowest BCUT2D eigenvalue weighted by Crippen LogP contribution is -2.42. The van der Waals surface area contributed by atoms with E-state index in [1.165, 1.54) is 12.1 Å². The summed E-state index contributed by atoms with van der Waals surface area (Å²) in [6.07, 6.45) is 0. The van der Waals surface area contributed by atoms with E-state index in [9.17, 15) is 13.0 Å². The Bertz CT molecular complexity index is 537. The van der Waals surface area contributed by atoms with Crippen molar-refractivity contribution in [3.63, 3.8) is 0 Å². The van der Waals surface area contributed by atoms with Gasteiger partial charge < -0.3 is 9.04 Å². The first kappa shape index (κ1) is 17.6. The number of hydrogen-bond acceptors (Lipinski definition) is 4. The Labute approximate surface area is 115 Å². The Morgan fingerprint density at radius 3 is 1.84 bits per heavy atom. The standard InChI is InChI=1S/C7H8O3S.C6H13N2/c1-6-2-4-7(5-3-6)11(8,9)10;1-6(5-7)8(2,3)4/h2-5H,1H3,(H,8,9,10);6H,1-4H3/q;+1/p-1. The third-order valence-electron chi connectivity index (χ3n) is 2.66. The number of benzene rings is 1. The van der Waals surface area contributed by atoms with Crippen LogP contribution in [-0.2, 0) is 10.1 Å². The van der Waals surface area contributed by atoms with Crippen molar-refractivity contribution in [2.24, 2.45) is 0 Å². The zero-order valence-electron chi connectivity index (χ0n) is 11.9. The molecule has 0 N–H and O–H groups in total. The molecular formula is C13H20N2O3S. The first-order valence-electron chi connectivity index (χ1n) is 5.71. The van der Waals surface area contributed by atoms with Gasteiger partial charge in [0.15, 0.2) is 6.04 Å². The summed E-state index contributed by atoms with van der Waals surface area (Å²) >= 11 is 0. The van der Waals surface area contributed by atoms with Crippen molar-refractivity contribution < 1.29 is 17.5 Å². The fourth-order valence-corrected chi connectivity index (χ4v) is 1.35. The summed E-state index contributed by atoms with van der Waals surface area (Å²) in [5.74, 6) is 0. The largest absolute Gasteiger partial charge is 0.744 e. The molecule has 0 aromatic heterocycles. The van der Waals surface area contributed by atoms with E-state index < -0.39 is 10.1 Å². The van der Waals surface area contributed by atoms with Crippen LogP contribution in [0.2, 0.25) is 0 Å². The van der Waals surface area contributed by atoms with E-state index in [0.717, 1.165) is 10.0 Å². The van der Waals surface area contributed by atoms with Gasteiger partial charge in [-0.15, -0.1) is 0 Å². The molecule has 5 nitrogen and oxygen atoms in total. The predicted octanol–water partition coefficient (Wildman–Crippen LogP) is 1.50. The van der Waals surface area contributed by atoms with Gasteiger partial charge in [-0.2, -0.15) is 5.26 Å². The van der Waals surface area contributed by atoms with Crippen LogP contribution >= 0.6 is 0 Å². The minimum atomic E-state index is -4.27. The molecule has 1 unspecified atom stereocenters. The lowest BCUT2D eigenvalue weighted by molar-refractivity contribution is -0.885. The maximum absolute atomic E-state index is 10.4. The molecular weight excluding hydrogens is 264 g/mol. The minimum Gasteiger partial charge on any atom is -0.744 e. The molecule has 0 aliphatic heterocycles. The molecule has 0 spiro atoms. The molecule has 0 saturated heterocycles. The Hall–Kier alpha value is -1.42. The maximum atomic E-state index is 10.4. The van der Waals surface area contributed by atoms with E-state index in [1.807, 2.05) is 35.0 Å². The van der Waals surface area contributed by atoms with Crippen LogP contribution in [0, 0.1) is 18.3 Å². The molecule has 1 aromatic carbocycles. The van der Waals surface area contributed by atoms with Gasteiger partial charge in [-0.25, -0.2) is 8.42 Å². The van der Waals surface area contributed by atoms with Gasteiger partial charge in [-0.05, 0) is 19.1 Å². The first-order valence-corrected chi connectivity index (χ1v) is 7.12. The molecule has 0 aliphatic carbocycles. The molecule has 0 heterocycles. The van der Waals surface area contributed by atoms with Crippen LogP contribution in [0.25, 0.3) is 0 Å². The van der Waals surface area contributed by atoms with E-state index in [0.29, 0.717) is 0 Å². The highest BCUT2D eigenvalue weighted by atomic mass is 32.2. The van der Waals surface area contributed by atoms with Crippen molar-refractivity contribution in [2.75, 3.05) is 21.1 Å². The quantitative estimate of drug-likeness (QED) is 0.609. The van der Waals surface area contributed by atoms with E-state index >= 15 is 0 Å². The van der Waals surface area contributed by atoms with Gasteiger partial charge in [-0.3, -0.25) is 0 Å². The zero-order chi connectivity index (χ0) is 15.3. The van der Waals surface area contributed by atoms with E-state index in [-0.39, 0.29) is 10.9 Å². The third kappa shape index (κ3) is 6.91. The van der Waals surface area contributed by atoms with Crippen molar-refractivity contribution in [3.8, 4) is 6.07 Å². The number of rotatable bonds is 2. The van der Waals surface area contributed by atoms with Crippen molar-refractivity contribution in [1.29, 1.82) is 5.26 Å². The Morgan fingerprint density at radius 1 is 1.21 bits per heavy atom. The van der Waals surface area contributed by atoms with Gasteiger partial charge in [0, 0.05) is 6.92 Å². The van der Waals surface area contributed by atoms with E-state index in [1.54, 1.807) is 12.1 Å². The van der Waals surface area contributed by atoms with Gasteiger partial charge in [0.2, 0.25) is 0 Å². The topological polar surface area (TPSA) is 81.0 Å². The first-order chi connectivity index (χ1) is 8.48. The van der Waals surface area contributed by atoms with Gasteiger partial charge in [0.05, 0.1) is 26.0 Å². The maximum Gasteiger partial charge on any atom is 0.173 e. The van der Waals surface area contributed by atoms with Crippen LogP contribution < -0.4 is 0 Å². The smallest absolute Gasteiger partial charge is 0.173 e. The molecule has 19 heavy (non-hydrogen) atoms. The molecule has 0 aliphatic rings. The summed E-state index contributed by atoms with van der Waals surface area (Å²) in [5, 5.41) is 8.40. The number of nitrogens with zero attached hydrogens (tertiary/aromatic N) is 2. The molecule has 106 valence electrons. The van der Waals surface area contributed by atoms with E-state index in [4.69, 9.17) is 5.26 Å². The second-order valence-electron chi connectivity index (χ2n) is 5.19. The Balaban J connectivity index is 0.000000362. The van der Waals surface area contributed by atoms with Gasteiger partial charge in [0.1, 0.15) is 16.2 Å². The van der Waals surface area contributed by atoms with Crippen molar-refractivity contribution >= 4 is 10.1 Å². The monoisotopic (exact) mass is 284 g/mol. The SMILES string of the molecule is CC(C#N)[N+](C)(C)C.Cc1ccc(S(=O)(=O)[O-])cc1. The molecule has 0 bridgehead atoms. The summed E-state index contributed by atoms with van der Waals surface area (Å²) < 4.78 is 31.9. The Morgan fingerprint density at radius 2 is 1.63 bits per heavy atom. The minimum absolute atomic E-state index is 0.0926. The van der Waals surface area contributed by atoms with Crippen LogP contribution in [0.3, 0.4) is 0 Å². The summed E-state index contributed by atoms with van der Waals surface area (Å²) in [6.45, 7) is 3.74. The van der Waals surface area contributed by atoms with Crippen molar-refractivity contribution in [2.45, 2.75) is 24.8 Å². The van der Waals surface area contributed by atoms with Gasteiger partial charge in [-0.1, -0.05) is 17.7 Å². The molecule has 0 saturated carbocycles. The lowest BCUT2D eigenvalue weighted by Gasteiger charge is -2.26. The molecule has 6 heteroatoms. The normalized spacial score (nSPS) is 12.9. The third-order valence-corrected chi connectivity index (χ3v) is 3.51. The molecule has 1 aromatic rings. The molecule has 0 radical (unpaired) electrons. The van der Waals surface area contributed by atoms with Crippen LogP contribution in [0.4, 0.5) is 0 Å². The van der Waals surface area contributed by atoms with E-state index in [2.05, 4.69) is 6.07 Å². The number of aryl methyl sites for hydroxylation is 1. The van der Waals surface area contributed by atoms with Gasteiger partial charge >= 0.3 is 0 Å². The number of hydrogen-bond donors (Lipinski definition) is 0. The van der Waals surface area contributed by atoms with Gasteiger partial charge in [0.25, 0.3) is 0 Å². The van der Waals surface area contributed by atoms with Crippen molar-refractivity contribution in [3.05, 3.63) is 29.8 Å². The summed E-state index contributed by atoms with van der Waals surface area (Å²) in [6, 6.07) is 8.05. The highest BCUT2D eigenvalue weighted by molar-refractivity contribution is 7.85. The highest BCUT2D eigenvalue weighted by Crippen LogP contribution is 2.08. The average molecular weight is 284 g/mol. The second kappa shape index (κ2) is 6.66. The summed E-state index contributed by atoms with van der Waals surface area (Å²) in [7, 11) is 1.75. The number of quaternary nitrogens is 1. The van der Waals surface area contributed by atoms with Crippen LogP contribution in [0.1, 0.15) is 12.5 Å². The lowest BCUT2D eigenvalue weighted by atomic mass is 10.2. The van der Waals surface area contributed by atoms with Crippen LogP contribution in [0.15, 0.2) is 29.2 Å². The Kier molecular flexibility index (Phi) is 6.16.